The molecule has 3 rings (SSSR count). The van der Waals surface area contributed by atoms with E-state index in [-0.39, 0.29) is 5.92 Å². The van der Waals surface area contributed by atoms with E-state index in [0.29, 0.717) is 0 Å². The average molecular weight is 318 g/mol. The Balaban J connectivity index is 2.08. The highest BCUT2D eigenvalue weighted by molar-refractivity contribution is 6.31. The molecule has 1 aliphatic rings. The van der Waals surface area contributed by atoms with Gasteiger partial charge in [0.1, 0.15) is 0 Å². The fourth-order valence-corrected chi connectivity index (χ4v) is 3.41. The Morgan fingerprint density at radius 2 is 1.86 bits per heavy atom. The molecule has 0 aliphatic carbocycles. The van der Waals surface area contributed by atoms with Crippen LogP contribution in [0.5, 0.6) is 11.5 Å². The highest BCUT2D eigenvalue weighted by Gasteiger charge is 2.26. The minimum atomic E-state index is 0.284. The molecule has 0 fully saturated rings. The van der Waals surface area contributed by atoms with Crippen LogP contribution >= 0.6 is 11.6 Å². The molecule has 0 bridgehead atoms. The van der Waals surface area contributed by atoms with Crippen LogP contribution in [0.15, 0.2) is 36.4 Å². The van der Waals surface area contributed by atoms with E-state index in [4.69, 9.17) is 21.1 Å². The maximum atomic E-state index is 6.40. The van der Waals surface area contributed by atoms with E-state index >= 15 is 0 Å². The first-order valence-corrected chi connectivity index (χ1v) is 7.69. The fourth-order valence-electron chi connectivity index (χ4n) is 3.17. The van der Waals surface area contributed by atoms with Crippen LogP contribution in [0.4, 0.5) is 0 Å². The molecule has 2 aromatic carbocycles. The Hall–Kier alpha value is -1.71. The number of rotatable bonds is 3. The lowest BCUT2D eigenvalue weighted by Gasteiger charge is -2.33. The molecule has 1 aliphatic heterocycles. The van der Waals surface area contributed by atoms with E-state index in [2.05, 4.69) is 30.1 Å². The standard InChI is InChI=1S/C18H20ClNO2/c1-20-10-14(13-5-4-6-16(19)15(13)11-20)12-7-8-17(21-2)18(9-12)22-3/h4-9,14H,10-11H2,1-3H3. The van der Waals surface area contributed by atoms with Gasteiger partial charge in [-0.3, -0.25) is 0 Å². The summed E-state index contributed by atoms with van der Waals surface area (Å²) in [6, 6.07) is 12.3. The van der Waals surface area contributed by atoms with Gasteiger partial charge in [-0.1, -0.05) is 29.8 Å². The molecular formula is C18H20ClNO2. The van der Waals surface area contributed by atoms with Crippen molar-refractivity contribution in [3.05, 3.63) is 58.1 Å². The van der Waals surface area contributed by atoms with Crippen molar-refractivity contribution >= 4 is 11.6 Å². The molecule has 3 nitrogen and oxygen atoms in total. The Morgan fingerprint density at radius 3 is 2.59 bits per heavy atom. The summed E-state index contributed by atoms with van der Waals surface area (Å²) in [4.78, 5) is 2.30. The van der Waals surface area contributed by atoms with Gasteiger partial charge in [0.15, 0.2) is 11.5 Å². The topological polar surface area (TPSA) is 21.7 Å². The van der Waals surface area contributed by atoms with E-state index in [0.717, 1.165) is 29.6 Å². The van der Waals surface area contributed by atoms with Gasteiger partial charge < -0.3 is 14.4 Å². The van der Waals surface area contributed by atoms with E-state index in [1.807, 2.05) is 18.2 Å². The minimum Gasteiger partial charge on any atom is -0.493 e. The monoisotopic (exact) mass is 317 g/mol. The second-order valence-electron chi connectivity index (χ2n) is 5.67. The molecule has 0 N–H and O–H groups in total. The zero-order valence-corrected chi connectivity index (χ0v) is 13.9. The first kappa shape index (κ1) is 15.2. The molecule has 2 aromatic rings. The summed E-state index contributed by atoms with van der Waals surface area (Å²) in [5.74, 6) is 1.80. The number of benzene rings is 2. The number of ether oxygens (including phenoxy) is 2. The molecule has 4 heteroatoms. The van der Waals surface area contributed by atoms with Crippen molar-refractivity contribution in [2.45, 2.75) is 12.5 Å². The van der Waals surface area contributed by atoms with E-state index in [9.17, 15) is 0 Å². The minimum absolute atomic E-state index is 0.284. The van der Waals surface area contributed by atoms with Crippen LogP contribution in [0.1, 0.15) is 22.6 Å². The van der Waals surface area contributed by atoms with E-state index in [1.54, 1.807) is 14.2 Å². The quantitative estimate of drug-likeness (QED) is 0.856. The molecule has 116 valence electrons. The van der Waals surface area contributed by atoms with Gasteiger partial charge in [-0.25, -0.2) is 0 Å². The van der Waals surface area contributed by atoms with Crippen molar-refractivity contribution in [2.75, 3.05) is 27.8 Å². The number of hydrogen-bond donors (Lipinski definition) is 0. The maximum Gasteiger partial charge on any atom is 0.161 e. The van der Waals surface area contributed by atoms with Crippen LogP contribution in [0.3, 0.4) is 0 Å². The number of fused-ring (bicyclic) bond motifs is 1. The third-order valence-corrected chi connectivity index (χ3v) is 4.62. The number of likely N-dealkylation sites (N-methyl/N-ethyl adjacent to an activating group) is 1. The lowest BCUT2D eigenvalue weighted by atomic mass is 9.84. The van der Waals surface area contributed by atoms with Gasteiger partial charge in [-0.2, -0.15) is 0 Å². The SMILES string of the molecule is COc1ccc(C2CN(C)Cc3c(Cl)cccc32)cc1OC. The molecule has 22 heavy (non-hydrogen) atoms. The molecule has 0 saturated carbocycles. The first-order chi connectivity index (χ1) is 10.6. The largest absolute Gasteiger partial charge is 0.493 e. The fraction of sp³-hybridized carbons (Fsp3) is 0.333. The van der Waals surface area contributed by atoms with Crippen LogP contribution in [0.25, 0.3) is 0 Å². The molecule has 0 amide bonds. The second kappa shape index (κ2) is 6.19. The summed E-state index contributed by atoms with van der Waals surface area (Å²) in [5.41, 5.74) is 3.74. The Kier molecular flexibility index (Phi) is 4.27. The Labute approximate surface area is 136 Å². The van der Waals surface area contributed by atoms with Gasteiger partial charge in [0.2, 0.25) is 0 Å². The van der Waals surface area contributed by atoms with E-state index < -0.39 is 0 Å². The molecule has 0 spiro atoms. The molecule has 0 aromatic heterocycles. The van der Waals surface area contributed by atoms with Crippen molar-refractivity contribution in [3.8, 4) is 11.5 Å². The molecular weight excluding hydrogens is 298 g/mol. The van der Waals surface area contributed by atoms with Crippen molar-refractivity contribution in [1.82, 2.24) is 4.90 Å². The van der Waals surface area contributed by atoms with Crippen molar-refractivity contribution in [2.24, 2.45) is 0 Å². The van der Waals surface area contributed by atoms with Gasteiger partial charge in [-0.15, -0.1) is 0 Å². The highest BCUT2D eigenvalue weighted by atomic mass is 35.5. The third kappa shape index (κ3) is 2.67. The summed E-state index contributed by atoms with van der Waals surface area (Å²) < 4.78 is 10.8. The van der Waals surface area contributed by atoms with Crippen molar-refractivity contribution in [1.29, 1.82) is 0 Å². The number of nitrogens with zero attached hydrogens (tertiary/aromatic N) is 1. The van der Waals surface area contributed by atoms with Gasteiger partial charge >= 0.3 is 0 Å². The predicted molar refractivity (Wildman–Crippen MR) is 89.2 cm³/mol. The maximum absolute atomic E-state index is 6.40. The molecule has 1 atom stereocenters. The van der Waals surface area contributed by atoms with Crippen LogP contribution in [-0.2, 0) is 6.54 Å². The van der Waals surface area contributed by atoms with Gasteiger partial charge in [0.25, 0.3) is 0 Å². The average Bonchev–Trinajstić information content (AvgIpc) is 2.54. The summed E-state index contributed by atoms with van der Waals surface area (Å²) in [6.45, 7) is 1.85. The normalized spacial score (nSPS) is 17.9. The van der Waals surface area contributed by atoms with Gasteiger partial charge in [0, 0.05) is 24.0 Å². The van der Waals surface area contributed by atoms with E-state index in [1.165, 1.54) is 16.7 Å². The van der Waals surface area contributed by atoms with Crippen molar-refractivity contribution in [3.63, 3.8) is 0 Å². The van der Waals surface area contributed by atoms with Crippen LogP contribution in [-0.4, -0.2) is 32.7 Å². The molecule has 1 heterocycles. The Bertz CT molecular complexity index is 687. The summed E-state index contributed by atoms with van der Waals surface area (Å²) in [7, 11) is 5.44. The third-order valence-electron chi connectivity index (χ3n) is 4.26. The summed E-state index contributed by atoms with van der Waals surface area (Å²) >= 11 is 6.40. The molecule has 1 unspecified atom stereocenters. The lowest BCUT2D eigenvalue weighted by molar-refractivity contribution is 0.294. The van der Waals surface area contributed by atoms with Gasteiger partial charge in [0.05, 0.1) is 14.2 Å². The molecule has 0 radical (unpaired) electrons. The van der Waals surface area contributed by atoms with Crippen molar-refractivity contribution < 1.29 is 9.47 Å². The summed E-state index contributed by atoms with van der Waals surface area (Å²) in [5, 5.41) is 0.842. The number of halogens is 1. The Morgan fingerprint density at radius 1 is 1.09 bits per heavy atom. The highest BCUT2D eigenvalue weighted by Crippen LogP contribution is 2.39. The molecule has 0 saturated heterocycles. The zero-order valence-electron chi connectivity index (χ0n) is 13.1. The first-order valence-electron chi connectivity index (χ1n) is 7.31. The van der Waals surface area contributed by atoms with Gasteiger partial charge in [-0.05, 0) is 41.9 Å². The predicted octanol–water partition coefficient (Wildman–Crippen LogP) is 3.93. The summed E-state index contributed by atoms with van der Waals surface area (Å²) in [6.07, 6.45) is 0. The number of hydrogen-bond acceptors (Lipinski definition) is 3. The van der Waals surface area contributed by atoms with Crippen LogP contribution in [0, 0.1) is 0 Å². The van der Waals surface area contributed by atoms with Crippen LogP contribution in [0.2, 0.25) is 5.02 Å². The van der Waals surface area contributed by atoms with Crippen LogP contribution < -0.4 is 9.47 Å². The zero-order chi connectivity index (χ0) is 15.7. The number of methoxy groups -OCH3 is 2. The second-order valence-corrected chi connectivity index (χ2v) is 6.08. The smallest absolute Gasteiger partial charge is 0.161 e. The lowest BCUT2D eigenvalue weighted by Crippen LogP contribution is -2.31.